The summed E-state index contributed by atoms with van der Waals surface area (Å²) in [5.74, 6) is -1.11. The summed E-state index contributed by atoms with van der Waals surface area (Å²) in [4.78, 5) is 28.1. The lowest BCUT2D eigenvalue weighted by molar-refractivity contribution is -0.139. The van der Waals surface area contributed by atoms with Crippen molar-refractivity contribution in [1.82, 2.24) is 4.98 Å². The van der Waals surface area contributed by atoms with Crippen LogP contribution in [0.15, 0.2) is 48.5 Å². The van der Waals surface area contributed by atoms with E-state index in [-0.39, 0.29) is 13.0 Å². The van der Waals surface area contributed by atoms with Crippen molar-refractivity contribution in [3.8, 4) is 16.3 Å². The third-order valence-corrected chi connectivity index (χ3v) is 5.76. The number of nitrogens with zero attached hydrogens (tertiary/aromatic N) is 1. The number of halogens is 3. The van der Waals surface area contributed by atoms with Gasteiger partial charge in [-0.25, -0.2) is 9.78 Å². The Morgan fingerprint density at radius 3 is 2.30 bits per heavy atom. The van der Waals surface area contributed by atoms with Crippen molar-refractivity contribution < 1.29 is 37.3 Å². The molecule has 0 saturated heterocycles. The first-order chi connectivity index (χ1) is 15.5. The highest BCUT2D eigenvalue weighted by atomic mass is 32.1. The van der Waals surface area contributed by atoms with E-state index in [4.69, 9.17) is 14.6 Å². The molecule has 1 heterocycles. The first-order valence-electron chi connectivity index (χ1n) is 9.82. The van der Waals surface area contributed by atoms with Gasteiger partial charge in [0.2, 0.25) is 0 Å². The predicted octanol–water partition coefficient (Wildman–Crippen LogP) is 5.74. The molecule has 2 aromatic carbocycles. The van der Waals surface area contributed by atoms with Gasteiger partial charge in [-0.2, -0.15) is 13.2 Å². The molecule has 0 saturated carbocycles. The number of aryl methyl sites for hydroxylation is 1. The number of hydrogen-bond donors (Lipinski definition) is 1. The summed E-state index contributed by atoms with van der Waals surface area (Å²) >= 11 is 1.24. The fraction of sp³-hybridized carbons (Fsp3) is 0.261. The Bertz CT molecular complexity index is 1120. The highest BCUT2D eigenvalue weighted by Gasteiger charge is 2.30. The van der Waals surface area contributed by atoms with E-state index in [9.17, 15) is 22.8 Å². The van der Waals surface area contributed by atoms with E-state index in [1.54, 1.807) is 26.0 Å². The number of thiazole rings is 1. The van der Waals surface area contributed by atoms with E-state index in [2.05, 4.69) is 4.98 Å². The number of hydrogen-bond acceptors (Lipinski definition) is 6. The molecule has 0 aliphatic rings. The van der Waals surface area contributed by atoms with Crippen molar-refractivity contribution in [3.05, 3.63) is 70.2 Å². The number of carbonyl (C=O) groups excluding carboxylic acids is 1. The summed E-state index contributed by atoms with van der Waals surface area (Å²) in [7, 11) is 0. The second-order valence-corrected chi connectivity index (χ2v) is 8.31. The summed E-state index contributed by atoms with van der Waals surface area (Å²) in [6.45, 7) is 3.33. The molecular formula is C23H20F3NO5S. The van der Waals surface area contributed by atoms with Crippen LogP contribution < -0.4 is 4.74 Å². The number of aromatic nitrogens is 1. The van der Waals surface area contributed by atoms with Crippen molar-refractivity contribution in [2.45, 2.75) is 39.2 Å². The van der Waals surface area contributed by atoms with E-state index >= 15 is 0 Å². The van der Waals surface area contributed by atoms with Gasteiger partial charge in [0.1, 0.15) is 23.5 Å². The molecule has 0 spiro atoms. The molecule has 0 radical (unpaired) electrons. The smallest absolute Gasteiger partial charge is 0.416 e. The molecule has 174 valence electrons. The minimum absolute atomic E-state index is 0.0309. The molecule has 0 aliphatic carbocycles. The molecule has 0 aliphatic heterocycles. The second-order valence-electron chi connectivity index (χ2n) is 7.23. The van der Waals surface area contributed by atoms with Gasteiger partial charge in [-0.3, -0.25) is 4.79 Å². The van der Waals surface area contributed by atoms with Crippen LogP contribution in [0, 0.1) is 6.92 Å². The molecule has 33 heavy (non-hydrogen) atoms. The SMILES string of the molecule is Cc1nc(-c2ccc(C(F)(F)F)cc2)sc1COC(=O)c1ccc(OC(C)CC(=O)O)cc1. The quantitative estimate of drug-likeness (QED) is 0.415. The molecule has 0 fully saturated rings. The third kappa shape index (κ3) is 6.55. The normalized spacial score (nSPS) is 12.3. The molecule has 1 N–H and O–H groups in total. The number of benzene rings is 2. The molecule has 3 aromatic rings. The maximum absolute atomic E-state index is 12.7. The lowest BCUT2D eigenvalue weighted by Crippen LogP contribution is -2.16. The standard InChI is InChI=1S/C23H20F3NO5S/c1-13(11-20(28)29)32-18-9-5-16(6-10-18)22(30)31-12-19-14(2)27-21(33-19)15-3-7-17(8-4-15)23(24,25)26/h3-10,13H,11-12H2,1-2H3,(H,28,29). The van der Waals surface area contributed by atoms with Crippen molar-refractivity contribution in [1.29, 1.82) is 0 Å². The number of ether oxygens (including phenoxy) is 2. The average molecular weight is 479 g/mol. The number of carbonyl (C=O) groups is 2. The molecule has 10 heteroatoms. The van der Waals surface area contributed by atoms with Gasteiger partial charge in [0, 0.05) is 5.56 Å². The van der Waals surface area contributed by atoms with Gasteiger partial charge < -0.3 is 14.6 Å². The van der Waals surface area contributed by atoms with Gasteiger partial charge >= 0.3 is 18.1 Å². The zero-order valence-corrected chi connectivity index (χ0v) is 18.5. The van der Waals surface area contributed by atoms with Crippen LogP contribution in [0.2, 0.25) is 0 Å². The summed E-state index contributed by atoms with van der Waals surface area (Å²) in [5.41, 5.74) is 0.722. The number of carboxylic acids is 1. The van der Waals surface area contributed by atoms with Gasteiger partial charge in [0.05, 0.1) is 28.1 Å². The largest absolute Gasteiger partial charge is 0.490 e. The maximum atomic E-state index is 12.7. The van der Waals surface area contributed by atoms with Crippen LogP contribution >= 0.6 is 11.3 Å². The fourth-order valence-electron chi connectivity index (χ4n) is 2.89. The lowest BCUT2D eigenvalue weighted by atomic mass is 10.1. The van der Waals surface area contributed by atoms with Crippen LogP contribution in [0.25, 0.3) is 10.6 Å². The Morgan fingerprint density at radius 1 is 1.09 bits per heavy atom. The van der Waals surface area contributed by atoms with Gasteiger partial charge in [0.25, 0.3) is 0 Å². The maximum Gasteiger partial charge on any atom is 0.416 e. The average Bonchev–Trinajstić information content (AvgIpc) is 3.12. The van der Waals surface area contributed by atoms with Crippen molar-refractivity contribution in [3.63, 3.8) is 0 Å². The van der Waals surface area contributed by atoms with Crippen molar-refractivity contribution >= 4 is 23.3 Å². The predicted molar refractivity (Wildman–Crippen MR) is 115 cm³/mol. The lowest BCUT2D eigenvalue weighted by Gasteiger charge is -2.12. The van der Waals surface area contributed by atoms with Crippen LogP contribution in [0.4, 0.5) is 13.2 Å². The van der Waals surface area contributed by atoms with E-state index < -0.39 is 29.8 Å². The third-order valence-electron chi connectivity index (χ3n) is 4.58. The Balaban J connectivity index is 1.60. The van der Waals surface area contributed by atoms with Gasteiger partial charge in [0.15, 0.2) is 0 Å². The van der Waals surface area contributed by atoms with E-state index in [0.717, 1.165) is 12.1 Å². The van der Waals surface area contributed by atoms with Crippen molar-refractivity contribution in [2.24, 2.45) is 0 Å². The molecule has 1 atom stereocenters. The van der Waals surface area contributed by atoms with Crippen LogP contribution in [-0.4, -0.2) is 28.1 Å². The molecule has 1 aromatic heterocycles. The summed E-state index contributed by atoms with van der Waals surface area (Å²) in [6, 6.07) is 10.8. The molecule has 1 unspecified atom stereocenters. The van der Waals surface area contributed by atoms with Crippen LogP contribution in [0.5, 0.6) is 5.75 Å². The molecule has 6 nitrogen and oxygen atoms in total. The number of esters is 1. The molecule has 3 rings (SSSR count). The van der Waals surface area contributed by atoms with Crippen LogP contribution in [0.1, 0.15) is 39.8 Å². The Morgan fingerprint density at radius 2 is 1.73 bits per heavy atom. The van der Waals surface area contributed by atoms with Gasteiger partial charge in [-0.15, -0.1) is 11.3 Å². The molecule has 0 bridgehead atoms. The molecular weight excluding hydrogens is 459 g/mol. The topological polar surface area (TPSA) is 85.7 Å². The van der Waals surface area contributed by atoms with Crippen molar-refractivity contribution in [2.75, 3.05) is 0 Å². The van der Waals surface area contributed by atoms with Crippen LogP contribution in [0.3, 0.4) is 0 Å². The summed E-state index contributed by atoms with van der Waals surface area (Å²) in [5, 5.41) is 9.30. The van der Waals surface area contributed by atoms with Gasteiger partial charge in [-0.05, 0) is 50.2 Å². The Kier molecular flexibility index (Phi) is 7.37. The highest BCUT2D eigenvalue weighted by molar-refractivity contribution is 7.15. The summed E-state index contributed by atoms with van der Waals surface area (Å²) in [6.07, 6.45) is -5.07. The second kappa shape index (κ2) is 10.0. The Labute approximate surface area is 191 Å². The van der Waals surface area contributed by atoms with Gasteiger partial charge in [-0.1, -0.05) is 12.1 Å². The molecule has 0 amide bonds. The van der Waals surface area contributed by atoms with Crippen LogP contribution in [-0.2, 0) is 22.3 Å². The zero-order chi connectivity index (χ0) is 24.2. The highest BCUT2D eigenvalue weighted by Crippen LogP contribution is 2.33. The number of carboxylic acid groups (broad SMARTS) is 1. The first kappa shape index (κ1) is 24.2. The van der Waals surface area contributed by atoms with E-state index in [1.165, 1.54) is 35.6 Å². The number of alkyl halides is 3. The minimum Gasteiger partial charge on any atom is -0.490 e. The summed E-state index contributed by atoms with van der Waals surface area (Å²) < 4.78 is 49.0. The number of aliphatic carboxylic acids is 1. The van der Waals surface area contributed by atoms with E-state index in [0.29, 0.717) is 32.5 Å². The first-order valence-corrected chi connectivity index (χ1v) is 10.6. The minimum atomic E-state index is -4.41. The zero-order valence-electron chi connectivity index (χ0n) is 17.7. The Hall–Kier alpha value is -3.40. The fourth-order valence-corrected chi connectivity index (χ4v) is 3.87. The van der Waals surface area contributed by atoms with E-state index in [1.807, 2.05) is 0 Å². The monoisotopic (exact) mass is 479 g/mol. The number of rotatable bonds is 8.